The van der Waals surface area contributed by atoms with E-state index in [0.717, 1.165) is 41.8 Å². The van der Waals surface area contributed by atoms with Gasteiger partial charge in [0.1, 0.15) is 18.3 Å². The first-order valence-corrected chi connectivity index (χ1v) is 16.9. The molecule has 2 amide bonds. The topological polar surface area (TPSA) is 96.0 Å². The Kier molecular flexibility index (Phi) is 11.3. The second kappa shape index (κ2) is 14.9. The Bertz CT molecular complexity index is 1480. The van der Waals surface area contributed by atoms with Gasteiger partial charge in [-0.15, -0.1) is 0 Å². The Morgan fingerprint density at radius 3 is 2.16 bits per heavy atom. The predicted octanol–water partition coefficient (Wildman–Crippen LogP) is 5.86. The molecular formula is C32H37Cl2N3O5S. The van der Waals surface area contributed by atoms with Crippen molar-refractivity contribution >= 4 is 50.7 Å². The molecule has 0 aromatic heterocycles. The second-order valence-electron chi connectivity index (χ2n) is 10.6. The highest BCUT2D eigenvalue weighted by Crippen LogP contribution is 2.29. The summed E-state index contributed by atoms with van der Waals surface area (Å²) in [5, 5.41) is 3.82. The summed E-state index contributed by atoms with van der Waals surface area (Å²) >= 11 is 13.1. The van der Waals surface area contributed by atoms with Gasteiger partial charge in [0.05, 0.1) is 18.6 Å². The average molecular weight is 647 g/mol. The van der Waals surface area contributed by atoms with Crippen LogP contribution in [0.1, 0.15) is 43.7 Å². The van der Waals surface area contributed by atoms with Crippen molar-refractivity contribution in [2.75, 3.05) is 23.7 Å². The van der Waals surface area contributed by atoms with Crippen molar-refractivity contribution in [1.82, 2.24) is 10.2 Å². The number of halogens is 2. The lowest BCUT2D eigenvalue weighted by Crippen LogP contribution is -2.54. The Hall–Kier alpha value is -3.27. The molecule has 1 fully saturated rings. The highest BCUT2D eigenvalue weighted by molar-refractivity contribution is 7.92. The highest BCUT2D eigenvalue weighted by atomic mass is 35.5. The molecule has 11 heteroatoms. The lowest BCUT2D eigenvalue weighted by atomic mass is 10.0. The fourth-order valence-corrected chi connectivity index (χ4v) is 6.63. The largest absolute Gasteiger partial charge is 0.494 e. The molecule has 43 heavy (non-hydrogen) atoms. The van der Waals surface area contributed by atoms with E-state index in [1.165, 1.54) is 4.90 Å². The monoisotopic (exact) mass is 645 g/mol. The van der Waals surface area contributed by atoms with Crippen LogP contribution in [0.3, 0.4) is 0 Å². The molecule has 1 aliphatic rings. The molecule has 1 N–H and O–H groups in total. The zero-order valence-electron chi connectivity index (χ0n) is 24.3. The van der Waals surface area contributed by atoms with Gasteiger partial charge in [0.2, 0.25) is 21.8 Å². The van der Waals surface area contributed by atoms with Gasteiger partial charge < -0.3 is 15.0 Å². The van der Waals surface area contributed by atoms with Crippen LogP contribution in [0.2, 0.25) is 10.0 Å². The van der Waals surface area contributed by atoms with Crippen LogP contribution in [0.15, 0.2) is 72.8 Å². The number of hydrogen-bond donors (Lipinski definition) is 1. The smallest absolute Gasteiger partial charge is 0.244 e. The maximum atomic E-state index is 14.3. The Morgan fingerprint density at radius 2 is 1.58 bits per heavy atom. The van der Waals surface area contributed by atoms with Crippen molar-refractivity contribution in [3.63, 3.8) is 0 Å². The molecule has 0 spiro atoms. The molecule has 0 aliphatic heterocycles. The van der Waals surface area contributed by atoms with E-state index < -0.39 is 28.5 Å². The van der Waals surface area contributed by atoms with Gasteiger partial charge in [-0.2, -0.15) is 0 Å². The molecule has 230 valence electrons. The third-order valence-electron chi connectivity index (χ3n) is 7.48. The van der Waals surface area contributed by atoms with E-state index in [9.17, 15) is 18.0 Å². The zero-order chi connectivity index (χ0) is 31.0. The number of benzene rings is 3. The van der Waals surface area contributed by atoms with Crippen LogP contribution in [-0.2, 0) is 32.6 Å². The molecule has 0 heterocycles. The molecule has 3 aromatic rings. The molecule has 3 aromatic carbocycles. The number of carbonyl (C=O) groups is 2. The van der Waals surface area contributed by atoms with E-state index >= 15 is 0 Å². The molecular weight excluding hydrogens is 609 g/mol. The second-order valence-corrected chi connectivity index (χ2v) is 13.3. The van der Waals surface area contributed by atoms with Crippen LogP contribution in [0.4, 0.5) is 5.69 Å². The number of nitrogens with zero attached hydrogens (tertiary/aromatic N) is 2. The van der Waals surface area contributed by atoms with Crippen molar-refractivity contribution in [1.29, 1.82) is 0 Å². The highest BCUT2D eigenvalue weighted by Gasteiger charge is 2.35. The summed E-state index contributed by atoms with van der Waals surface area (Å²) in [7, 11) is -3.89. The maximum absolute atomic E-state index is 14.3. The van der Waals surface area contributed by atoms with E-state index in [2.05, 4.69) is 5.32 Å². The van der Waals surface area contributed by atoms with Crippen LogP contribution in [0, 0.1) is 0 Å². The summed E-state index contributed by atoms with van der Waals surface area (Å²) in [6, 6.07) is 20.0. The standard InChI is InChI=1S/C32H37Cl2N3O5S/c1-3-42-26-18-16-25(17-19-26)37(43(2,40)41)22-31(38)36(21-27-28(33)14-9-15-29(27)34)30(20-23-10-5-4-6-11-23)32(39)35-24-12-7-8-13-24/h4-6,9-11,14-19,24,30H,3,7-8,12-13,20-22H2,1-2H3,(H,35,39). The first kappa shape index (κ1) is 32.6. The van der Waals surface area contributed by atoms with Crippen molar-refractivity contribution in [3.05, 3.63) is 94.0 Å². The van der Waals surface area contributed by atoms with Crippen LogP contribution in [0.5, 0.6) is 5.75 Å². The van der Waals surface area contributed by atoms with Gasteiger partial charge in [0.15, 0.2) is 0 Å². The quantitative estimate of drug-likeness (QED) is 0.251. The lowest BCUT2D eigenvalue weighted by Gasteiger charge is -2.34. The van der Waals surface area contributed by atoms with Crippen LogP contribution in [0.25, 0.3) is 0 Å². The molecule has 0 radical (unpaired) electrons. The van der Waals surface area contributed by atoms with Crippen molar-refractivity contribution in [3.8, 4) is 5.75 Å². The number of nitrogens with one attached hydrogen (secondary N) is 1. The van der Waals surface area contributed by atoms with Crippen molar-refractivity contribution in [2.45, 2.75) is 57.7 Å². The van der Waals surface area contributed by atoms with E-state index in [0.29, 0.717) is 33.7 Å². The number of carbonyl (C=O) groups excluding carboxylic acids is 2. The Balaban J connectivity index is 1.74. The van der Waals surface area contributed by atoms with Crippen LogP contribution >= 0.6 is 23.2 Å². The molecule has 1 aliphatic carbocycles. The molecule has 0 bridgehead atoms. The lowest BCUT2D eigenvalue weighted by molar-refractivity contribution is -0.140. The van der Waals surface area contributed by atoms with Gasteiger partial charge in [0, 0.05) is 34.6 Å². The first-order valence-electron chi connectivity index (χ1n) is 14.3. The molecule has 0 saturated heterocycles. The third kappa shape index (κ3) is 8.87. The third-order valence-corrected chi connectivity index (χ3v) is 9.33. The number of ether oxygens (including phenoxy) is 1. The SMILES string of the molecule is CCOc1ccc(N(CC(=O)N(Cc2c(Cl)cccc2Cl)C(Cc2ccccc2)C(=O)NC2CCCC2)S(C)(=O)=O)cc1. The summed E-state index contributed by atoms with van der Waals surface area (Å²) in [5.41, 5.74) is 1.62. The Morgan fingerprint density at radius 1 is 0.953 bits per heavy atom. The van der Waals surface area contributed by atoms with Crippen LogP contribution in [-0.4, -0.2) is 56.6 Å². The van der Waals surface area contributed by atoms with Gasteiger partial charge in [0.25, 0.3) is 0 Å². The van der Waals surface area contributed by atoms with E-state index in [1.807, 2.05) is 37.3 Å². The van der Waals surface area contributed by atoms with Gasteiger partial charge in [-0.25, -0.2) is 8.42 Å². The van der Waals surface area contributed by atoms with Crippen molar-refractivity contribution < 1.29 is 22.7 Å². The number of rotatable bonds is 13. The number of sulfonamides is 1. The molecule has 8 nitrogen and oxygen atoms in total. The normalized spacial score (nSPS) is 14.2. The Labute approximate surface area is 264 Å². The minimum Gasteiger partial charge on any atom is -0.494 e. The summed E-state index contributed by atoms with van der Waals surface area (Å²) in [5.74, 6) is -0.301. The van der Waals surface area contributed by atoms with Gasteiger partial charge in [-0.05, 0) is 61.7 Å². The van der Waals surface area contributed by atoms with Gasteiger partial charge in [-0.1, -0.05) is 72.4 Å². The number of anilines is 1. The molecule has 1 unspecified atom stereocenters. The summed E-state index contributed by atoms with van der Waals surface area (Å²) in [4.78, 5) is 29.6. The predicted molar refractivity (Wildman–Crippen MR) is 171 cm³/mol. The van der Waals surface area contributed by atoms with Gasteiger partial charge in [-0.3, -0.25) is 13.9 Å². The molecule has 4 rings (SSSR count). The summed E-state index contributed by atoms with van der Waals surface area (Å²) in [6.45, 7) is 1.69. The van der Waals surface area contributed by atoms with E-state index in [4.69, 9.17) is 27.9 Å². The van der Waals surface area contributed by atoms with E-state index in [1.54, 1.807) is 42.5 Å². The minimum atomic E-state index is -3.89. The first-order chi connectivity index (χ1) is 20.6. The summed E-state index contributed by atoms with van der Waals surface area (Å²) < 4.78 is 32.5. The fourth-order valence-electron chi connectivity index (χ4n) is 5.26. The van der Waals surface area contributed by atoms with Crippen molar-refractivity contribution in [2.24, 2.45) is 0 Å². The van der Waals surface area contributed by atoms with Crippen LogP contribution < -0.4 is 14.4 Å². The summed E-state index contributed by atoms with van der Waals surface area (Å²) in [6.07, 6.45) is 5.05. The molecule has 1 atom stereocenters. The fraction of sp³-hybridized carbons (Fsp3) is 0.375. The number of amides is 2. The average Bonchev–Trinajstić information content (AvgIpc) is 3.48. The van der Waals surface area contributed by atoms with E-state index in [-0.39, 0.29) is 24.9 Å². The number of hydrogen-bond acceptors (Lipinski definition) is 5. The maximum Gasteiger partial charge on any atom is 0.244 e. The molecule has 1 saturated carbocycles. The van der Waals surface area contributed by atoms with Gasteiger partial charge >= 0.3 is 0 Å². The zero-order valence-corrected chi connectivity index (χ0v) is 26.7. The minimum absolute atomic E-state index is 0.0167.